The van der Waals surface area contributed by atoms with Gasteiger partial charge in [0, 0.05) is 11.1 Å². The molecule has 0 radical (unpaired) electrons. The molecule has 0 bridgehead atoms. The molecule has 0 aliphatic rings. The highest BCUT2D eigenvalue weighted by Gasteiger charge is 2.31. The van der Waals surface area contributed by atoms with Gasteiger partial charge < -0.3 is 20.2 Å². The molecule has 6 nitrogen and oxygen atoms in total. The molecule has 0 aliphatic heterocycles. The topological polar surface area (TPSA) is 86.2 Å². The van der Waals surface area contributed by atoms with Gasteiger partial charge in [0.05, 0.1) is 29.6 Å². The molecule has 0 spiro atoms. The molecule has 0 aliphatic carbocycles. The molecule has 2 aromatic carbocycles. The lowest BCUT2D eigenvalue weighted by molar-refractivity contribution is -0.137. The molecule has 0 saturated heterocycles. The Bertz CT molecular complexity index is 1300. The first-order valence-corrected chi connectivity index (χ1v) is 9.56. The average Bonchev–Trinajstić information content (AvgIpc) is 3.08. The number of furan rings is 1. The van der Waals surface area contributed by atoms with Gasteiger partial charge in [0.1, 0.15) is 17.4 Å². The highest BCUT2D eigenvalue weighted by Crippen LogP contribution is 2.38. The number of hydrogen-bond acceptors (Lipinski definition) is 6. The highest BCUT2D eigenvalue weighted by molar-refractivity contribution is 6.09. The van der Waals surface area contributed by atoms with Gasteiger partial charge >= 0.3 is 6.18 Å². The second-order valence-electron chi connectivity index (χ2n) is 7.45. The van der Waals surface area contributed by atoms with E-state index in [9.17, 15) is 13.2 Å². The van der Waals surface area contributed by atoms with Crippen LogP contribution >= 0.6 is 0 Å². The smallest absolute Gasteiger partial charge is 0.416 e. The van der Waals surface area contributed by atoms with Crippen LogP contribution < -0.4 is 15.8 Å². The molecule has 9 heteroatoms. The molecular weight excluding hydrogens is 409 g/mol. The lowest BCUT2D eigenvalue weighted by Gasteiger charge is -2.19. The zero-order valence-corrected chi connectivity index (χ0v) is 17.4. The predicted octanol–water partition coefficient (Wildman–Crippen LogP) is 5.78. The molecule has 162 valence electrons. The fourth-order valence-electron chi connectivity index (χ4n) is 3.63. The van der Waals surface area contributed by atoms with Crippen molar-refractivity contribution in [3.63, 3.8) is 0 Å². The zero-order chi connectivity index (χ0) is 22.5. The van der Waals surface area contributed by atoms with Gasteiger partial charge in [-0.15, -0.1) is 0 Å². The average molecular weight is 430 g/mol. The molecule has 2 heterocycles. The number of halogens is 3. The summed E-state index contributed by atoms with van der Waals surface area (Å²) in [4.78, 5) is 9.05. The second kappa shape index (κ2) is 7.33. The SMILES string of the molecule is COc1cc2c(NC(C)c3cc(N)cc(C(F)(F)F)c3)nc(C)nc2c2cc(C)oc12. The van der Waals surface area contributed by atoms with E-state index in [1.807, 2.05) is 13.0 Å². The number of hydrogen-bond donors (Lipinski definition) is 2. The zero-order valence-electron chi connectivity index (χ0n) is 17.4. The first-order chi connectivity index (χ1) is 14.6. The number of nitrogen functional groups attached to an aromatic ring is 1. The minimum Gasteiger partial charge on any atom is -0.493 e. The number of nitrogens with one attached hydrogen (secondary N) is 1. The van der Waals surface area contributed by atoms with E-state index in [4.69, 9.17) is 14.9 Å². The number of alkyl halides is 3. The summed E-state index contributed by atoms with van der Waals surface area (Å²) in [5.74, 6) is 2.21. The van der Waals surface area contributed by atoms with Gasteiger partial charge in [-0.1, -0.05) is 0 Å². The van der Waals surface area contributed by atoms with E-state index in [1.165, 1.54) is 13.2 Å². The molecule has 2 aromatic heterocycles. The van der Waals surface area contributed by atoms with E-state index in [0.717, 1.165) is 17.5 Å². The predicted molar refractivity (Wildman–Crippen MR) is 113 cm³/mol. The van der Waals surface area contributed by atoms with Crippen molar-refractivity contribution in [2.45, 2.75) is 33.0 Å². The monoisotopic (exact) mass is 430 g/mol. The molecule has 4 aromatic rings. The van der Waals surface area contributed by atoms with Crippen molar-refractivity contribution in [2.24, 2.45) is 0 Å². The largest absolute Gasteiger partial charge is 0.493 e. The van der Waals surface area contributed by atoms with Crippen molar-refractivity contribution >= 4 is 33.4 Å². The number of aryl methyl sites for hydroxylation is 2. The fourth-order valence-corrected chi connectivity index (χ4v) is 3.63. The van der Waals surface area contributed by atoms with Crippen LogP contribution in [-0.2, 0) is 6.18 Å². The van der Waals surface area contributed by atoms with Crippen LogP contribution in [0.3, 0.4) is 0 Å². The number of methoxy groups -OCH3 is 1. The molecule has 0 amide bonds. The molecule has 31 heavy (non-hydrogen) atoms. The Morgan fingerprint density at radius 3 is 2.48 bits per heavy atom. The van der Waals surface area contributed by atoms with Crippen LogP contribution in [0.2, 0.25) is 0 Å². The molecule has 0 fully saturated rings. The number of benzene rings is 2. The van der Waals surface area contributed by atoms with E-state index >= 15 is 0 Å². The number of ether oxygens (including phenoxy) is 1. The Morgan fingerprint density at radius 2 is 1.81 bits per heavy atom. The maximum atomic E-state index is 13.2. The van der Waals surface area contributed by atoms with Crippen LogP contribution in [-0.4, -0.2) is 17.1 Å². The van der Waals surface area contributed by atoms with Gasteiger partial charge in [-0.3, -0.25) is 0 Å². The Kier molecular flexibility index (Phi) is 4.91. The minimum absolute atomic E-state index is 0.0412. The summed E-state index contributed by atoms with van der Waals surface area (Å²) in [5, 5.41) is 4.65. The number of nitrogens with two attached hydrogens (primary N) is 1. The third kappa shape index (κ3) is 3.83. The maximum Gasteiger partial charge on any atom is 0.416 e. The Labute approximate surface area is 176 Å². The number of aromatic nitrogens is 2. The normalized spacial score (nSPS) is 13.0. The van der Waals surface area contributed by atoms with E-state index in [0.29, 0.717) is 45.2 Å². The lowest BCUT2D eigenvalue weighted by Crippen LogP contribution is -2.13. The molecular formula is C22H21F3N4O2. The van der Waals surface area contributed by atoms with Gasteiger partial charge in [-0.25, -0.2) is 9.97 Å². The summed E-state index contributed by atoms with van der Waals surface area (Å²) in [6.07, 6.45) is -4.49. The Morgan fingerprint density at radius 1 is 1.06 bits per heavy atom. The lowest BCUT2D eigenvalue weighted by atomic mass is 10.0. The van der Waals surface area contributed by atoms with Crippen LogP contribution in [0.25, 0.3) is 21.9 Å². The first kappa shape index (κ1) is 20.8. The minimum atomic E-state index is -4.49. The van der Waals surface area contributed by atoms with Crippen LogP contribution in [0.15, 0.2) is 34.7 Å². The summed E-state index contributed by atoms with van der Waals surface area (Å²) in [7, 11) is 1.54. The maximum absolute atomic E-state index is 13.2. The van der Waals surface area contributed by atoms with Crippen molar-refractivity contribution in [2.75, 3.05) is 18.2 Å². The van der Waals surface area contributed by atoms with E-state index in [-0.39, 0.29) is 5.69 Å². The molecule has 1 unspecified atom stereocenters. The van der Waals surface area contributed by atoms with E-state index in [1.54, 1.807) is 19.9 Å². The highest BCUT2D eigenvalue weighted by atomic mass is 19.4. The van der Waals surface area contributed by atoms with Crippen LogP contribution in [0, 0.1) is 13.8 Å². The summed E-state index contributed by atoms with van der Waals surface area (Å²) < 4.78 is 50.9. The molecule has 0 saturated carbocycles. The number of nitrogens with zero attached hydrogens (tertiary/aromatic N) is 2. The first-order valence-electron chi connectivity index (χ1n) is 9.56. The third-order valence-corrected chi connectivity index (χ3v) is 5.05. The summed E-state index contributed by atoms with van der Waals surface area (Å²) in [6, 6.07) is 6.64. The van der Waals surface area contributed by atoms with Crippen molar-refractivity contribution in [1.29, 1.82) is 0 Å². The fraction of sp³-hybridized carbons (Fsp3) is 0.273. The second-order valence-corrected chi connectivity index (χ2v) is 7.45. The Balaban J connectivity index is 1.83. The van der Waals surface area contributed by atoms with Gasteiger partial charge in [-0.2, -0.15) is 13.2 Å². The Hall–Kier alpha value is -3.49. The van der Waals surface area contributed by atoms with Gasteiger partial charge in [0.25, 0.3) is 0 Å². The van der Waals surface area contributed by atoms with Crippen LogP contribution in [0.5, 0.6) is 5.75 Å². The third-order valence-electron chi connectivity index (χ3n) is 5.05. The number of rotatable bonds is 4. The summed E-state index contributed by atoms with van der Waals surface area (Å²) in [5.41, 5.74) is 6.61. The quantitative estimate of drug-likeness (QED) is 0.400. The number of anilines is 2. The van der Waals surface area contributed by atoms with Crippen molar-refractivity contribution in [3.8, 4) is 5.75 Å². The van der Waals surface area contributed by atoms with E-state index in [2.05, 4.69) is 15.3 Å². The molecule has 3 N–H and O–H groups in total. The summed E-state index contributed by atoms with van der Waals surface area (Å²) >= 11 is 0. The van der Waals surface area contributed by atoms with Crippen LogP contribution in [0.4, 0.5) is 24.7 Å². The van der Waals surface area contributed by atoms with Crippen molar-refractivity contribution < 1.29 is 22.3 Å². The molecule has 1 atom stereocenters. The van der Waals surface area contributed by atoms with Gasteiger partial charge in [0.15, 0.2) is 11.3 Å². The van der Waals surface area contributed by atoms with Gasteiger partial charge in [-0.05, 0) is 56.7 Å². The van der Waals surface area contributed by atoms with Gasteiger partial charge in [0.2, 0.25) is 0 Å². The van der Waals surface area contributed by atoms with E-state index < -0.39 is 17.8 Å². The van der Waals surface area contributed by atoms with Crippen LogP contribution in [0.1, 0.15) is 35.7 Å². The summed E-state index contributed by atoms with van der Waals surface area (Å²) in [6.45, 7) is 5.33. The molecule has 4 rings (SSSR count). The van der Waals surface area contributed by atoms with Crippen molar-refractivity contribution in [1.82, 2.24) is 9.97 Å². The number of fused-ring (bicyclic) bond motifs is 3. The standard InChI is InChI=1S/C22H21F3N4O2/c1-10-5-16-19-17(9-18(30-4)20(16)31-10)21(29-12(3)28-19)27-11(2)13-6-14(22(23,24)25)8-15(26)7-13/h5-9,11H,26H2,1-4H3,(H,27,28,29). The van der Waals surface area contributed by atoms with Crippen molar-refractivity contribution in [3.05, 3.63) is 53.0 Å².